The van der Waals surface area contributed by atoms with Crippen molar-refractivity contribution in [2.24, 2.45) is 10.9 Å². The number of aliphatic imine (C=N–C) groups is 1. The van der Waals surface area contributed by atoms with Gasteiger partial charge in [-0.2, -0.15) is 13.2 Å². The van der Waals surface area contributed by atoms with Gasteiger partial charge in [-0.15, -0.1) is 0 Å². The van der Waals surface area contributed by atoms with Crippen molar-refractivity contribution >= 4 is 23.0 Å². The zero-order chi connectivity index (χ0) is 19.6. The van der Waals surface area contributed by atoms with Gasteiger partial charge in [0, 0.05) is 49.4 Å². The van der Waals surface area contributed by atoms with E-state index < -0.39 is 18.5 Å². The van der Waals surface area contributed by atoms with Gasteiger partial charge >= 0.3 is 6.18 Å². The molecule has 0 radical (unpaired) electrons. The molecule has 1 aliphatic rings. The first-order chi connectivity index (χ1) is 12.8. The van der Waals surface area contributed by atoms with Gasteiger partial charge in [0.05, 0.1) is 5.52 Å². The summed E-state index contributed by atoms with van der Waals surface area (Å²) in [6, 6.07) is 7.72. The fraction of sp³-hybridized carbons (Fsp3) is 0.450. The lowest BCUT2D eigenvalue weighted by atomic mass is 9.83. The van der Waals surface area contributed by atoms with Gasteiger partial charge in [0.25, 0.3) is 0 Å². The van der Waals surface area contributed by atoms with E-state index in [1.54, 1.807) is 19.5 Å². The van der Waals surface area contributed by atoms with E-state index in [1.807, 2.05) is 31.2 Å². The van der Waals surface area contributed by atoms with Gasteiger partial charge in [-0.3, -0.25) is 14.8 Å². The standard InChI is InChI=1S/C20H22F3N3O/c1-13-8-15(12-26(11-13)18(27)9-20(21,22)23)16-6-5-14(10-24-2)19-17(16)4-3-7-25-19/h3-7,10,13,15H,8-9,11-12H2,1-2H3/t13?,15-/m0/s1. The molecule has 7 heteroatoms. The van der Waals surface area contributed by atoms with Crippen LogP contribution in [-0.4, -0.2) is 48.3 Å². The summed E-state index contributed by atoms with van der Waals surface area (Å²) in [5.41, 5.74) is 2.72. The van der Waals surface area contributed by atoms with Crippen molar-refractivity contribution in [3.8, 4) is 0 Å². The Morgan fingerprint density at radius 3 is 2.81 bits per heavy atom. The number of rotatable bonds is 3. The summed E-state index contributed by atoms with van der Waals surface area (Å²) < 4.78 is 37.9. The zero-order valence-corrected chi connectivity index (χ0v) is 15.3. The van der Waals surface area contributed by atoms with Crippen LogP contribution in [0.5, 0.6) is 0 Å². The molecule has 1 saturated heterocycles. The van der Waals surface area contributed by atoms with Crippen LogP contribution in [0, 0.1) is 5.92 Å². The molecule has 1 amide bonds. The molecule has 0 N–H and O–H groups in total. The van der Waals surface area contributed by atoms with Crippen molar-refractivity contribution in [1.82, 2.24) is 9.88 Å². The summed E-state index contributed by atoms with van der Waals surface area (Å²) in [6.45, 7) is 2.63. The minimum absolute atomic E-state index is 0.0229. The monoisotopic (exact) mass is 377 g/mol. The van der Waals surface area contributed by atoms with Crippen molar-refractivity contribution in [3.05, 3.63) is 41.6 Å². The van der Waals surface area contributed by atoms with Gasteiger partial charge in [-0.25, -0.2) is 0 Å². The predicted octanol–water partition coefficient (Wildman–Crippen LogP) is 4.19. The molecule has 1 aromatic carbocycles. The first-order valence-corrected chi connectivity index (χ1v) is 8.93. The van der Waals surface area contributed by atoms with E-state index in [9.17, 15) is 18.0 Å². The molecular formula is C20H22F3N3O. The van der Waals surface area contributed by atoms with Gasteiger partial charge in [0.1, 0.15) is 6.42 Å². The molecule has 27 heavy (non-hydrogen) atoms. The SMILES string of the molecule is CN=Cc1ccc([C@H]2CC(C)CN(C(=O)CC(F)(F)F)C2)c2cccnc12. The Hall–Kier alpha value is -2.44. The van der Waals surface area contributed by atoms with Crippen molar-refractivity contribution in [3.63, 3.8) is 0 Å². The molecule has 4 nitrogen and oxygen atoms in total. The number of carbonyl (C=O) groups is 1. The number of benzene rings is 1. The highest BCUT2D eigenvalue weighted by molar-refractivity contribution is 5.99. The lowest BCUT2D eigenvalue weighted by Crippen LogP contribution is -2.43. The zero-order valence-electron chi connectivity index (χ0n) is 15.3. The lowest BCUT2D eigenvalue weighted by molar-refractivity contribution is -0.162. The average molecular weight is 377 g/mol. The van der Waals surface area contributed by atoms with Gasteiger partial charge in [0.15, 0.2) is 0 Å². The van der Waals surface area contributed by atoms with E-state index in [0.29, 0.717) is 13.1 Å². The summed E-state index contributed by atoms with van der Waals surface area (Å²) >= 11 is 0. The third-order valence-corrected chi connectivity index (χ3v) is 4.91. The summed E-state index contributed by atoms with van der Waals surface area (Å²) in [6.07, 6.45) is -1.61. The van der Waals surface area contributed by atoms with Crippen LogP contribution in [0.1, 0.15) is 36.8 Å². The predicted molar refractivity (Wildman–Crippen MR) is 99.0 cm³/mol. The number of piperidine rings is 1. The van der Waals surface area contributed by atoms with Gasteiger partial charge in [0.2, 0.25) is 5.91 Å². The van der Waals surface area contributed by atoms with Crippen LogP contribution in [-0.2, 0) is 4.79 Å². The second-order valence-electron chi connectivity index (χ2n) is 7.16. The summed E-state index contributed by atoms with van der Waals surface area (Å²) in [5.74, 6) is -0.744. The van der Waals surface area contributed by atoms with E-state index in [0.717, 1.165) is 28.5 Å². The van der Waals surface area contributed by atoms with E-state index >= 15 is 0 Å². The molecule has 3 rings (SSSR count). The number of amides is 1. The maximum Gasteiger partial charge on any atom is 0.397 e. The lowest BCUT2D eigenvalue weighted by Gasteiger charge is -2.37. The topological polar surface area (TPSA) is 45.6 Å². The maximum atomic E-state index is 12.6. The molecule has 1 unspecified atom stereocenters. The number of carbonyl (C=O) groups excluding carboxylic acids is 1. The highest BCUT2D eigenvalue weighted by Crippen LogP contribution is 2.35. The second-order valence-corrected chi connectivity index (χ2v) is 7.16. The van der Waals surface area contributed by atoms with Crippen molar-refractivity contribution in [1.29, 1.82) is 0 Å². The Kier molecular flexibility index (Phi) is 5.48. The number of hydrogen-bond donors (Lipinski definition) is 0. The van der Waals surface area contributed by atoms with Crippen molar-refractivity contribution < 1.29 is 18.0 Å². The highest BCUT2D eigenvalue weighted by Gasteiger charge is 2.36. The largest absolute Gasteiger partial charge is 0.397 e. The number of nitrogens with zero attached hydrogens (tertiary/aromatic N) is 3. The summed E-state index contributed by atoms with van der Waals surface area (Å²) in [7, 11) is 1.69. The van der Waals surface area contributed by atoms with E-state index in [-0.39, 0.29) is 11.8 Å². The van der Waals surface area contributed by atoms with Crippen molar-refractivity contribution in [2.75, 3.05) is 20.1 Å². The molecule has 144 valence electrons. The second kappa shape index (κ2) is 7.66. The Bertz CT molecular complexity index is 863. The number of alkyl halides is 3. The Morgan fingerprint density at radius 2 is 2.11 bits per heavy atom. The quantitative estimate of drug-likeness (QED) is 0.753. The fourth-order valence-electron chi connectivity index (χ4n) is 3.88. The minimum atomic E-state index is -4.48. The first kappa shape index (κ1) is 19.3. The number of fused-ring (bicyclic) bond motifs is 1. The first-order valence-electron chi connectivity index (χ1n) is 8.93. The van der Waals surface area contributed by atoms with Crippen LogP contribution in [0.2, 0.25) is 0 Å². The minimum Gasteiger partial charge on any atom is -0.342 e. The third-order valence-electron chi connectivity index (χ3n) is 4.91. The molecule has 1 aromatic heterocycles. The molecule has 0 saturated carbocycles. The molecule has 0 bridgehead atoms. The smallest absolute Gasteiger partial charge is 0.342 e. The van der Waals surface area contributed by atoms with Crippen molar-refractivity contribution in [2.45, 2.75) is 31.9 Å². The summed E-state index contributed by atoms with van der Waals surface area (Å²) in [4.78, 5) is 22.0. The molecule has 0 aliphatic carbocycles. The van der Waals surface area contributed by atoms with E-state index in [2.05, 4.69) is 9.98 Å². The van der Waals surface area contributed by atoms with Crippen LogP contribution < -0.4 is 0 Å². The molecule has 2 aromatic rings. The molecule has 2 heterocycles. The number of hydrogen-bond acceptors (Lipinski definition) is 3. The number of aromatic nitrogens is 1. The van der Waals surface area contributed by atoms with Crippen LogP contribution >= 0.6 is 0 Å². The van der Waals surface area contributed by atoms with Crippen LogP contribution in [0.4, 0.5) is 13.2 Å². The van der Waals surface area contributed by atoms with Crippen LogP contribution in [0.15, 0.2) is 35.5 Å². The van der Waals surface area contributed by atoms with E-state index in [1.165, 1.54) is 4.90 Å². The van der Waals surface area contributed by atoms with Crippen LogP contribution in [0.25, 0.3) is 10.9 Å². The Labute approximate surface area is 156 Å². The maximum absolute atomic E-state index is 12.6. The Morgan fingerprint density at radius 1 is 1.33 bits per heavy atom. The molecule has 2 atom stereocenters. The van der Waals surface area contributed by atoms with Crippen LogP contribution in [0.3, 0.4) is 0 Å². The Balaban J connectivity index is 1.94. The number of likely N-dealkylation sites (tertiary alicyclic amines) is 1. The normalized spacial score (nSPS) is 21.1. The average Bonchev–Trinajstić information content (AvgIpc) is 2.60. The van der Waals surface area contributed by atoms with Gasteiger partial charge < -0.3 is 4.90 Å². The molecule has 0 spiro atoms. The number of pyridine rings is 1. The van der Waals surface area contributed by atoms with Gasteiger partial charge in [-0.1, -0.05) is 25.1 Å². The van der Waals surface area contributed by atoms with Gasteiger partial charge in [-0.05, 0) is 24.0 Å². The summed E-state index contributed by atoms with van der Waals surface area (Å²) in [5, 5.41) is 0.956. The third kappa shape index (κ3) is 4.46. The fourth-order valence-corrected chi connectivity index (χ4v) is 3.88. The molecule has 1 fully saturated rings. The highest BCUT2D eigenvalue weighted by atomic mass is 19.4. The van der Waals surface area contributed by atoms with E-state index in [4.69, 9.17) is 0 Å². The molecular weight excluding hydrogens is 355 g/mol. The molecule has 1 aliphatic heterocycles. The number of halogens is 3.